The Morgan fingerprint density at radius 1 is 1.04 bits per heavy atom. The van der Waals surface area contributed by atoms with Crippen molar-refractivity contribution in [3.8, 4) is 0 Å². The van der Waals surface area contributed by atoms with Crippen LogP contribution in [0.5, 0.6) is 0 Å². The van der Waals surface area contributed by atoms with Gasteiger partial charge in [0.15, 0.2) is 0 Å². The van der Waals surface area contributed by atoms with Gasteiger partial charge in [-0.1, -0.05) is 0 Å². The van der Waals surface area contributed by atoms with Crippen LogP contribution in [0.4, 0.5) is 26.3 Å². The Balaban J connectivity index is 0.00000364. The minimum absolute atomic E-state index is 0. The molecule has 0 saturated carbocycles. The van der Waals surface area contributed by atoms with E-state index in [-0.39, 0.29) is 18.5 Å². The molecule has 3 nitrogen and oxygen atoms in total. The first-order chi connectivity index (χ1) is 12.0. The second kappa shape index (κ2) is 9.14. The summed E-state index contributed by atoms with van der Waals surface area (Å²) >= 11 is 0. The molecule has 1 N–H and O–H groups in total. The summed E-state index contributed by atoms with van der Waals surface area (Å²) in [5.74, 6) is -0.410. The first-order valence-electron chi connectivity index (χ1n) is 8.25. The van der Waals surface area contributed by atoms with Gasteiger partial charge in [0.25, 0.3) is 5.91 Å². The lowest BCUT2D eigenvalue weighted by atomic mass is 9.93. The summed E-state index contributed by atoms with van der Waals surface area (Å²) in [7, 11) is 1.82. The first kappa shape index (κ1) is 23.6. The third-order valence-electron chi connectivity index (χ3n) is 4.54. The molecule has 1 amide bonds. The monoisotopic (exact) mass is 418 g/mol. The highest BCUT2D eigenvalue weighted by atomic mass is 35.5. The normalized spacial score (nSPS) is 16.2. The fourth-order valence-corrected chi connectivity index (χ4v) is 3.03. The van der Waals surface area contributed by atoms with Crippen molar-refractivity contribution < 1.29 is 31.1 Å². The topological polar surface area (TPSA) is 32.3 Å². The average Bonchev–Trinajstić information content (AvgIpc) is 2.58. The molecule has 0 spiro atoms. The molecule has 27 heavy (non-hydrogen) atoms. The smallest absolute Gasteiger partial charge is 0.339 e. The minimum atomic E-state index is -4.96. The van der Waals surface area contributed by atoms with Gasteiger partial charge in [0, 0.05) is 18.7 Å². The molecule has 1 aliphatic heterocycles. The van der Waals surface area contributed by atoms with Crippen LogP contribution in [0.25, 0.3) is 0 Å². The number of alkyl halides is 6. The van der Waals surface area contributed by atoms with Crippen LogP contribution in [0.15, 0.2) is 18.2 Å². The Morgan fingerprint density at radius 2 is 1.52 bits per heavy atom. The van der Waals surface area contributed by atoms with Crippen molar-refractivity contribution in [2.24, 2.45) is 5.92 Å². The van der Waals surface area contributed by atoms with Crippen molar-refractivity contribution in [3.05, 3.63) is 34.9 Å². The van der Waals surface area contributed by atoms with Gasteiger partial charge in [-0.2, -0.15) is 26.3 Å². The molecule has 1 aromatic carbocycles. The summed E-state index contributed by atoms with van der Waals surface area (Å²) < 4.78 is 77.5. The Bertz CT molecular complexity index is 607. The van der Waals surface area contributed by atoms with Crippen LogP contribution in [0.1, 0.15) is 40.7 Å². The summed E-state index contributed by atoms with van der Waals surface area (Å²) in [6.45, 7) is 1.47. The molecule has 0 bridgehead atoms. The number of likely N-dealkylation sites (tertiary alicyclic amines) is 1. The number of carbonyl (C=O) groups excluding carboxylic acids is 1. The number of halogens is 7. The molecule has 1 aromatic rings. The number of carbonyl (C=O) groups is 1. The Labute approximate surface area is 159 Å². The molecular weight excluding hydrogens is 398 g/mol. The molecule has 0 unspecified atom stereocenters. The Hall–Kier alpha value is -1.48. The zero-order valence-electron chi connectivity index (χ0n) is 14.6. The van der Waals surface area contributed by atoms with Gasteiger partial charge in [-0.15, -0.1) is 12.4 Å². The van der Waals surface area contributed by atoms with E-state index in [4.69, 9.17) is 0 Å². The summed E-state index contributed by atoms with van der Waals surface area (Å²) in [4.78, 5) is 13.8. The van der Waals surface area contributed by atoms with E-state index < -0.39 is 35.0 Å². The van der Waals surface area contributed by atoms with E-state index in [1.54, 1.807) is 0 Å². The van der Waals surface area contributed by atoms with E-state index >= 15 is 0 Å². The molecule has 0 radical (unpaired) electrons. The predicted molar refractivity (Wildman–Crippen MR) is 90.9 cm³/mol. The first-order valence-corrected chi connectivity index (χ1v) is 8.25. The van der Waals surface area contributed by atoms with E-state index in [1.165, 1.54) is 4.90 Å². The van der Waals surface area contributed by atoms with Gasteiger partial charge in [0.1, 0.15) is 0 Å². The number of hydrogen-bond acceptors (Lipinski definition) is 2. The van der Waals surface area contributed by atoms with Gasteiger partial charge in [0.2, 0.25) is 0 Å². The van der Waals surface area contributed by atoms with Crippen molar-refractivity contribution >= 4 is 18.3 Å². The lowest BCUT2D eigenvalue weighted by Gasteiger charge is -2.32. The summed E-state index contributed by atoms with van der Waals surface area (Å²) in [5, 5.41) is 3.02. The molecule has 0 atom stereocenters. The highest BCUT2D eigenvalue weighted by Crippen LogP contribution is 2.36. The van der Waals surface area contributed by atoms with Crippen LogP contribution in [-0.4, -0.2) is 37.5 Å². The number of amides is 1. The molecule has 1 fully saturated rings. The second-order valence-electron chi connectivity index (χ2n) is 6.42. The van der Waals surface area contributed by atoms with E-state index in [0.29, 0.717) is 44.0 Å². The minimum Gasteiger partial charge on any atom is -0.339 e. The van der Waals surface area contributed by atoms with Gasteiger partial charge in [-0.05, 0) is 57.0 Å². The van der Waals surface area contributed by atoms with Crippen LogP contribution < -0.4 is 5.32 Å². The quantitative estimate of drug-likeness (QED) is 0.724. The van der Waals surface area contributed by atoms with Gasteiger partial charge in [-0.25, -0.2) is 0 Å². The number of nitrogens with one attached hydrogen (secondary N) is 1. The molecule has 1 heterocycles. The predicted octanol–water partition coefficient (Wildman–Crippen LogP) is 4.61. The van der Waals surface area contributed by atoms with Crippen LogP contribution in [0, 0.1) is 5.92 Å². The van der Waals surface area contributed by atoms with Crippen molar-refractivity contribution in [2.45, 2.75) is 31.6 Å². The fourth-order valence-electron chi connectivity index (χ4n) is 3.03. The molecule has 0 aliphatic carbocycles. The largest absolute Gasteiger partial charge is 0.416 e. The lowest BCUT2D eigenvalue weighted by Crippen LogP contribution is -2.39. The third-order valence-corrected chi connectivity index (χ3v) is 4.54. The van der Waals surface area contributed by atoms with Crippen LogP contribution in [0.2, 0.25) is 0 Å². The van der Waals surface area contributed by atoms with Crippen LogP contribution >= 0.6 is 12.4 Å². The summed E-state index contributed by atoms with van der Waals surface area (Å²) in [6, 6.07) is 1.01. The second-order valence-corrected chi connectivity index (χ2v) is 6.42. The van der Waals surface area contributed by atoms with Crippen LogP contribution in [0.3, 0.4) is 0 Å². The molecule has 10 heteroatoms. The van der Waals surface area contributed by atoms with Crippen molar-refractivity contribution in [1.82, 2.24) is 10.2 Å². The van der Waals surface area contributed by atoms with Crippen LogP contribution in [-0.2, 0) is 12.4 Å². The molecular formula is C17H21ClF6N2O. The maximum absolute atomic E-state index is 12.9. The number of nitrogens with zero attached hydrogens (tertiary/aromatic N) is 1. The van der Waals surface area contributed by atoms with E-state index in [1.807, 2.05) is 7.05 Å². The van der Waals surface area contributed by atoms with E-state index in [0.717, 1.165) is 13.0 Å². The number of piperidine rings is 1. The Morgan fingerprint density at radius 3 is 1.93 bits per heavy atom. The number of benzene rings is 1. The summed E-state index contributed by atoms with van der Waals surface area (Å²) in [6.07, 6.45) is -7.65. The highest BCUT2D eigenvalue weighted by Gasteiger charge is 2.38. The van der Waals surface area contributed by atoms with Crippen molar-refractivity contribution in [2.75, 3.05) is 26.7 Å². The molecule has 2 rings (SSSR count). The molecule has 0 aromatic heterocycles. The maximum Gasteiger partial charge on any atom is 0.416 e. The van der Waals surface area contributed by atoms with Crippen molar-refractivity contribution in [3.63, 3.8) is 0 Å². The number of rotatable bonds is 4. The van der Waals surface area contributed by atoms with Gasteiger partial charge in [-0.3, -0.25) is 4.79 Å². The highest BCUT2D eigenvalue weighted by molar-refractivity contribution is 5.94. The third kappa shape index (κ3) is 6.27. The summed E-state index contributed by atoms with van der Waals surface area (Å²) in [5.41, 5.74) is -3.53. The SMILES string of the molecule is CNCCC1CCN(C(=O)c2cc(C(F)(F)F)cc(C(F)(F)F)c2)CC1.Cl. The van der Waals surface area contributed by atoms with Gasteiger partial charge < -0.3 is 10.2 Å². The molecule has 1 aliphatic rings. The number of hydrogen-bond donors (Lipinski definition) is 1. The lowest BCUT2D eigenvalue weighted by molar-refractivity contribution is -0.143. The maximum atomic E-state index is 12.9. The van der Waals surface area contributed by atoms with Gasteiger partial charge >= 0.3 is 12.4 Å². The van der Waals surface area contributed by atoms with E-state index in [9.17, 15) is 31.1 Å². The van der Waals surface area contributed by atoms with Gasteiger partial charge in [0.05, 0.1) is 11.1 Å². The zero-order chi connectivity index (χ0) is 19.5. The van der Waals surface area contributed by atoms with E-state index in [2.05, 4.69) is 5.32 Å². The Kier molecular flexibility index (Phi) is 7.98. The van der Waals surface area contributed by atoms with Crippen molar-refractivity contribution in [1.29, 1.82) is 0 Å². The standard InChI is InChI=1S/C17H20F6N2O.ClH/c1-24-5-2-11-3-6-25(7-4-11)15(26)12-8-13(16(18,19)20)10-14(9-12)17(21,22)23;/h8-11,24H,2-7H2,1H3;1H. The zero-order valence-corrected chi connectivity index (χ0v) is 15.4. The molecule has 1 saturated heterocycles. The molecule has 154 valence electrons. The average molecular weight is 419 g/mol. The fraction of sp³-hybridized carbons (Fsp3) is 0.588.